The number of amides is 1. The number of anilines is 1. The van der Waals surface area contributed by atoms with Gasteiger partial charge >= 0.3 is 0 Å². The number of benzene rings is 1. The average molecular weight is 247 g/mol. The van der Waals surface area contributed by atoms with Crippen LogP contribution in [0.4, 0.5) is 5.69 Å². The third-order valence-corrected chi connectivity index (χ3v) is 3.93. The maximum atomic E-state index is 12.3. The van der Waals surface area contributed by atoms with Crippen LogP contribution in [0.1, 0.15) is 44.6 Å². The molecular formula is C15H21NO2. The van der Waals surface area contributed by atoms with E-state index in [1.807, 2.05) is 24.3 Å². The summed E-state index contributed by atoms with van der Waals surface area (Å²) in [6.07, 6.45) is 2.61. The second-order valence-electron chi connectivity index (χ2n) is 5.49. The Hall–Kier alpha value is -1.35. The normalized spacial score (nSPS) is 17.3. The third-order valence-electron chi connectivity index (χ3n) is 3.93. The van der Waals surface area contributed by atoms with Crippen molar-refractivity contribution in [1.82, 2.24) is 0 Å². The van der Waals surface area contributed by atoms with Crippen LogP contribution in [0.25, 0.3) is 0 Å². The Balaban J connectivity index is 2.17. The van der Waals surface area contributed by atoms with Gasteiger partial charge in [0.05, 0.1) is 12.0 Å². The Morgan fingerprint density at radius 2 is 2.06 bits per heavy atom. The highest BCUT2D eigenvalue weighted by Crippen LogP contribution is 2.41. The zero-order valence-corrected chi connectivity index (χ0v) is 11.1. The summed E-state index contributed by atoms with van der Waals surface area (Å²) in [6, 6.07) is 7.87. The minimum atomic E-state index is -0.538. The molecule has 0 heterocycles. The molecule has 1 aromatic rings. The van der Waals surface area contributed by atoms with Gasteiger partial charge in [0.2, 0.25) is 5.91 Å². The average Bonchev–Trinajstić information content (AvgIpc) is 2.28. The van der Waals surface area contributed by atoms with Gasteiger partial charge in [0, 0.05) is 5.69 Å². The molecule has 1 aliphatic rings. The number of hydrogen-bond donors (Lipinski definition) is 2. The van der Waals surface area contributed by atoms with Crippen LogP contribution in [0.15, 0.2) is 24.3 Å². The van der Waals surface area contributed by atoms with E-state index in [0.29, 0.717) is 5.92 Å². The SMILES string of the molecule is CC(C)c1ccccc1NC(=O)C1(CO)CCC1. The van der Waals surface area contributed by atoms with Crippen molar-refractivity contribution in [2.45, 2.75) is 39.0 Å². The topological polar surface area (TPSA) is 49.3 Å². The van der Waals surface area contributed by atoms with Gasteiger partial charge in [-0.15, -0.1) is 0 Å². The van der Waals surface area contributed by atoms with Crippen molar-refractivity contribution in [1.29, 1.82) is 0 Å². The maximum Gasteiger partial charge on any atom is 0.232 e. The summed E-state index contributed by atoms with van der Waals surface area (Å²) in [5.41, 5.74) is 1.47. The van der Waals surface area contributed by atoms with E-state index in [9.17, 15) is 9.90 Å². The number of nitrogens with one attached hydrogen (secondary N) is 1. The van der Waals surface area contributed by atoms with E-state index in [1.165, 1.54) is 0 Å². The summed E-state index contributed by atoms with van der Waals surface area (Å²) in [5, 5.41) is 12.4. The van der Waals surface area contributed by atoms with Crippen LogP contribution < -0.4 is 5.32 Å². The van der Waals surface area contributed by atoms with Crippen molar-refractivity contribution < 1.29 is 9.90 Å². The van der Waals surface area contributed by atoms with Crippen LogP contribution in [0, 0.1) is 5.41 Å². The van der Waals surface area contributed by atoms with Crippen LogP contribution in [0.5, 0.6) is 0 Å². The van der Waals surface area contributed by atoms with Crippen molar-refractivity contribution in [3.63, 3.8) is 0 Å². The Labute approximate surface area is 108 Å². The largest absolute Gasteiger partial charge is 0.395 e. The van der Waals surface area contributed by atoms with Gasteiger partial charge in [-0.25, -0.2) is 0 Å². The molecule has 0 bridgehead atoms. The van der Waals surface area contributed by atoms with Crippen LogP contribution in [0.3, 0.4) is 0 Å². The molecular weight excluding hydrogens is 226 g/mol. The van der Waals surface area contributed by atoms with E-state index in [1.54, 1.807) is 0 Å². The highest BCUT2D eigenvalue weighted by atomic mass is 16.3. The lowest BCUT2D eigenvalue weighted by atomic mass is 9.68. The number of rotatable bonds is 4. The van der Waals surface area contributed by atoms with E-state index < -0.39 is 5.41 Å². The van der Waals surface area contributed by atoms with Gasteiger partial charge in [-0.2, -0.15) is 0 Å². The Bertz CT molecular complexity index is 430. The summed E-state index contributed by atoms with van der Waals surface area (Å²) < 4.78 is 0. The molecule has 0 radical (unpaired) electrons. The molecule has 1 aliphatic carbocycles. The molecule has 0 atom stereocenters. The second-order valence-corrected chi connectivity index (χ2v) is 5.49. The molecule has 2 rings (SSSR count). The standard InChI is InChI=1S/C15H21NO2/c1-11(2)12-6-3-4-7-13(12)16-14(18)15(10-17)8-5-9-15/h3-4,6-7,11,17H,5,8-10H2,1-2H3,(H,16,18). The molecule has 3 heteroatoms. The molecule has 1 saturated carbocycles. The number of aliphatic hydroxyl groups is 1. The van der Waals surface area contributed by atoms with Crippen molar-refractivity contribution in [3.05, 3.63) is 29.8 Å². The first-order chi connectivity index (χ1) is 8.59. The van der Waals surface area contributed by atoms with Gasteiger partial charge in [-0.3, -0.25) is 4.79 Å². The van der Waals surface area contributed by atoms with Crippen LogP contribution in [0.2, 0.25) is 0 Å². The van der Waals surface area contributed by atoms with Gasteiger partial charge in [-0.1, -0.05) is 38.5 Å². The van der Waals surface area contributed by atoms with E-state index in [2.05, 4.69) is 19.2 Å². The van der Waals surface area contributed by atoms with Gasteiger partial charge in [0.25, 0.3) is 0 Å². The summed E-state index contributed by atoms with van der Waals surface area (Å²) in [6.45, 7) is 4.16. The molecule has 0 unspecified atom stereocenters. The maximum absolute atomic E-state index is 12.3. The molecule has 1 amide bonds. The van der Waals surface area contributed by atoms with Crippen molar-refractivity contribution in [3.8, 4) is 0 Å². The fourth-order valence-corrected chi connectivity index (χ4v) is 2.43. The summed E-state index contributed by atoms with van der Waals surface area (Å²) >= 11 is 0. The van der Waals surface area contributed by atoms with Gasteiger partial charge < -0.3 is 10.4 Å². The number of hydrogen-bond acceptors (Lipinski definition) is 2. The van der Waals surface area contributed by atoms with Gasteiger partial charge in [0.1, 0.15) is 0 Å². The third kappa shape index (κ3) is 2.27. The number of aliphatic hydroxyl groups excluding tert-OH is 1. The van der Waals surface area contributed by atoms with Crippen LogP contribution in [-0.4, -0.2) is 17.6 Å². The fourth-order valence-electron chi connectivity index (χ4n) is 2.43. The molecule has 0 aliphatic heterocycles. The lowest BCUT2D eigenvalue weighted by Crippen LogP contribution is -2.45. The molecule has 3 nitrogen and oxygen atoms in total. The molecule has 2 N–H and O–H groups in total. The molecule has 0 saturated heterocycles. The first-order valence-corrected chi connectivity index (χ1v) is 6.60. The predicted molar refractivity (Wildman–Crippen MR) is 72.5 cm³/mol. The Kier molecular flexibility index (Phi) is 3.71. The lowest BCUT2D eigenvalue weighted by molar-refractivity contribution is -0.133. The zero-order chi connectivity index (χ0) is 13.2. The lowest BCUT2D eigenvalue weighted by Gasteiger charge is -2.38. The van der Waals surface area contributed by atoms with E-state index in [4.69, 9.17) is 0 Å². The molecule has 0 aromatic heterocycles. The first kappa shape index (κ1) is 13.1. The monoisotopic (exact) mass is 247 g/mol. The first-order valence-electron chi connectivity index (χ1n) is 6.60. The van der Waals surface area contributed by atoms with E-state index in [-0.39, 0.29) is 12.5 Å². The van der Waals surface area contributed by atoms with Crippen LogP contribution in [-0.2, 0) is 4.79 Å². The van der Waals surface area contributed by atoms with Crippen molar-refractivity contribution >= 4 is 11.6 Å². The molecule has 0 spiro atoms. The molecule has 1 fully saturated rings. The molecule has 98 valence electrons. The minimum absolute atomic E-state index is 0.0376. The minimum Gasteiger partial charge on any atom is -0.395 e. The van der Waals surface area contributed by atoms with Gasteiger partial charge in [0.15, 0.2) is 0 Å². The smallest absolute Gasteiger partial charge is 0.232 e. The molecule has 18 heavy (non-hydrogen) atoms. The number of para-hydroxylation sites is 1. The quantitative estimate of drug-likeness (QED) is 0.859. The highest BCUT2D eigenvalue weighted by Gasteiger charge is 2.43. The fraction of sp³-hybridized carbons (Fsp3) is 0.533. The Morgan fingerprint density at radius 3 is 2.56 bits per heavy atom. The summed E-state index contributed by atoms with van der Waals surface area (Å²) in [4.78, 5) is 12.3. The number of carbonyl (C=O) groups is 1. The number of carbonyl (C=O) groups excluding carboxylic acids is 1. The summed E-state index contributed by atoms with van der Waals surface area (Å²) in [5.74, 6) is 0.331. The second kappa shape index (κ2) is 5.11. The Morgan fingerprint density at radius 1 is 1.39 bits per heavy atom. The highest BCUT2D eigenvalue weighted by molar-refractivity contribution is 5.96. The zero-order valence-electron chi connectivity index (χ0n) is 11.1. The van der Waals surface area contributed by atoms with E-state index in [0.717, 1.165) is 30.5 Å². The molecule has 1 aromatic carbocycles. The van der Waals surface area contributed by atoms with Crippen molar-refractivity contribution in [2.75, 3.05) is 11.9 Å². The van der Waals surface area contributed by atoms with Crippen LogP contribution >= 0.6 is 0 Å². The summed E-state index contributed by atoms with van der Waals surface area (Å²) in [7, 11) is 0. The van der Waals surface area contributed by atoms with Crippen molar-refractivity contribution in [2.24, 2.45) is 5.41 Å². The van der Waals surface area contributed by atoms with Gasteiger partial charge in [-0.05, 0) is 30.4 Å². The predicted octanol–water partition coefficient (Wildman–Crippen LogP) is 2.91. The van der Waals surface area contributed by atoms with E-state index >= 15 is 0 Å².